The fourth-order valence-electron chi connectivity index (χ4n) is 4.09. The van der Waals surface area contributed by atoms with Gasteiger partial charge >= 0.3 is 5.63 Å². The SMILES string of the molecule is COc1cc2oc(=O)cc(C)c2cc1CCC(=O)N[C@@H](CC(C)C)c1nnc2ccccn12. The molecule has 0 saturated carbocycles. The molecule has 0 spiro atoms. The summed E-state index contributed by atoms with van der Waals surface area (Å²) in [5.41, 5.74) is 2.53. The molecule has 172 valence electrons. The van der Waals surface area contributed by atoms with Crippen molar-refractivity contribution >= 4 is 22.5 Å². The van der Waals surface area contributed by atoms with Gasteiger partial charge in [-0.15, -0.1) is 10.2 Å². The first-order valence-electron chi connectivity index (χ1n) is 11.1. The van der Waals surface area contributed by atoms with Crippen LogP contribution in [0.4, 0.5) is 0 Å². The van der Waals surface area contributed by atoms with Gasteiger partial charge in [0.15, 0.2) is 11.5 Å². The van der Waals surface area contributed by atoms with E-state index in [-0.39, 0.29) is 18.4 Å². The third-order valence-electron chi connectivity index (χ3n) is 5.67. The molecule has 3 heterocycles. The van der Waals surface area contributed by atoms with Gasteiger partial charge in [-0.1, -0.05) is 19.9 Å². The summed E-state index contributed by atoms with van der Waals surface area (Å²) in [6, 6.07) is 10.6. The minimum Gasteiger partial charge on any atom is -0.496 e. The number of benzene rings is 1. The van der Waals surface area contributed by atoms with E-state index >= 15 is 0 Å². The van der Waals surface area contributed by atoms with Crippen molar-refractivity contribution in [3.8, 4) is 5.75 Å². The van der Waals surface area contributed by atoms with Gasteiger partial charge in [0.2, 0.25) is 5.91 Å². The van der Waals surface area contributed by atoms with Crippen molar-refractivity contribution in [3.05, 3.63) is 70.0 Å². The molecule has 1 aromatic carbocycles. The molecule has 0 bridgehead atoms. The number of carbonyl (C=O) groups excluding carboxylic acids is 1. The highest BCUT2D eigenvalue weighted by molar-refractivity contribution is 5.83. The summed E-state index contributed by atoms with van der Waals surface area (Å²) >= 11 is 0. The molecule has 33 heavy (non-hydrogen) atoms. The van der Waals surface area contributed by atoms with Gasteiger partial charge in [-0.05, 0) is 55.0 Å². The van der Waals surface area contributed by atoms with E-state index in [0.29, 0.717) is 23.7 Å². The van der Waals surface area contributed by atoms with E-state index < -0.39 is 5.63 Å². The quantitative estimate of drug-likeness (QED) is 0.409. The van der Waals surface area contributed by atoms with Crippen molar-refractivity contribution in [2.24, 2.45) is 5.92 Å². The molecule has 1 N–H and O–H groups in total. The maximum absolute atomic E-state index is 12.9. The molecule has 1 atom stereocenters. The Labute approximate surface area is 191 Å². The molecule has 0 aliphatic heterocycles. The smallest absolute Gasteiger partial charge is 0.336 e. The van der Waals surface area contributed by atoms with Crippen LogP contribution in [0.1, 0.15) is 49.7 Å². The lowest BCUT2D eigenvalue weighted by Gasteiger charge is -2.19. The zero-order valence-corrected chi connectivity index (χ0v) is 19.3. The molecule has 0 saturated heterocycles. The van der Waals surface area contributed by atoms with E-state index in [4.69, 9.17) is 9.15 Å². The highest BCUT2D eigenvalue weighted by atomic mass is 16.5. The maximum atomic E-state index is 12.9. The summed E-state index contributed by atoms with van der Waals surface area (Å²) < 4.78 is 12.7. The van der Waals surface area contributed by atoms with E-state index in [9.17, 15) is 9.59 Å². The monoisotopic (exact) mass is 448 g/mol. The van der Waals surface area contributed by atoms with Crippen LogP contribution in [0.5, 0.6) is 5.75 Å². The molecular formula is C25H28N4O4. The number of pyridine rings is 1. The Morgan fingerprint density at radius 3 is 2.79 bits per heavy atom. The number of hydrogen-bond donors (Lipinski definition) is 1. The number of amides is 1. The fourth-order valence-corrected chi connectivity index (χ4v) is 4.09. The summed E-state index contributed by atoms with van der Waals surface area (Å²) in [5, 5.41) is 12.5. The molecule has 0 unspecified atom stereocenters. The molecule has 0 aliphatic rings. The Hall–Kier alpha value is -3.68. The Balaban J connectivity index is 1.54. The number of aromatic nitrogens is 3. The van der Waals surface area contributed by atoms with Gasteiger partial charge in [0.05, 0.1) is 13.2 Å². The van der Waals surface area contributed by atoms with Crippen LogP contribution >= 0.6 is 0 Å². The fraction of sp³-hybridized carbons (Fsp3) is 0.360. The molecule has 3 aromatic heterocycles. The number of methoxy groups -OCH3 is 1. The molecule has 4 aromatic rings. The molecule has 1 amide bonds. The van der Waals surface area contributed by atoms with Crippen LogP contribution < -0.4 is 15.7 Å². The van der Waals surface area contributed by atoms with Crippen molar-refractivity contribution in [3.63, 3.8) is 0 Å². The zero-order valence-electron chi connectivity index (χ0n) is 19.3. The lowest BCUT2D eigenvalue weighted by molar-refractivity contribution is -0.122. The predicted molar refractivity (Wildman–Crippen MR) is 125 cm³/mol. The maximum Gasteiger partial charge on any atom is 0.336 e. The Morgan fingerprint density at radius 2 is 2.03 bits per heavy atom. The first-order valence-corrected chi connectivity index (χ1v) is 11.1. The minimum atomic E-state index is -0.397. The van der Waals surface area contributed by atoms with E-state index in [1.165, 1.54) is 6.07 Å². The molecule has 0 radical (unpaired) electrons. The minimum absolute atomic E-state index is 0.0770. The summed E-state index contributed by atoms with van der Waals surface area (Å²) in [5.74, 6) is 1.60. The number of ether oxygens (including phenoxy) is 1. The van der Waals surface area contributed by atoms with Crippen molar-refractivity contribution in [2.45, 2.75) is 46.1 Å². The Bertz CT molecular complexity index is 1360. The van der Waals surface area contributed by atoms with Gasteiger partial charge in [-0.2, -0.15) is 0 Å². The third kappa shape index (κ3) is 4.89. The average molecular weight is 449 g/mol. The van der Waals surface area contributed by atoms with E-state index in [1.807, 2.05) is 41.8 Å². The van der Waals surface area contributed by atoms with Crippen LogP contribution in [0.3, 0.4) is 0 Å². The van der Waals surface area contributed by atoms with Crippen LogP contribution in [0.2, 0.25) is 0 Å². The summed E-state index contributed by atoms with van der Waals surface area (Å²) in [4.78, 5) is 24.6. The van der Waals surface area contributed by atoms with Gasteiger partial charge in [0.25, 0.3) is 0 Å². The van der Waals surface area contributed by atoms with Gasteiger partial charge in [-0.25, -0.2) is 4.79 Å². The summed E-state index contributed by atoms with van der Waals surface area (Å²) in [6.07, 6.45) is 3.42. The third-order valence-corrected chi connectivity index (χ3v) is 5.67. The first-order chi connectivity index (χ1) is 15.9. The molecular weight excluding hydrogens is 420 g/mol. The number of rotatable bonds is 8. The van der Waals surface area contributed by atoms with Crippen molar-refractivity contribution in [1.82, 2.24) is 19.9 Å². The topological polar surface area (TPSA) is 98.7 Å². The normalized spacial score (nSPS) is 12.4. The second-order valence-electron chi connectivity index (χ2n) is 8.65. The number of hydrogen-bond acceptors (Lipinski definition) is 6. The number of nitrogens with zero attached hydrogens (tertiary/aromatic N) is 3. The van der Waals surface area contributed by atoms with E-state index in [2.05, 4.69) is 29.4 Å². The van der Waals surface area contributed by atoms with Crippen LogP contribution in [0, 0.1) is 12.8 Å². The number of nitrogens with one attached hydrogen (secondary N) is 1. The highest BCUT2D eigenvalue weighted by Gasteiger charge is 2.22. The van der Waals surface area contributed by atoms with Crippen LogP contribution in [0.25, 0.3) is 16.6 Å². The zero-order chi connectivity index (χ0) is 23.5. The molecule has 0 aliphatic carbocycles. The number of aryl methyl sites for hydroxylation is 2. The standard InChI is InChI=1S/C25H28N4O4/c1-15(2)11-19(25-28-27-22-7-5-6-10-29(22)25)26-23(30)9-8-17-13-18-16(3)12-24(31)33-21(18)14-20(17)32-4/h5-7,10,12-15,19H,8-9,11H2,1-4H3,(H,26,30)/t19-/m0/s1. The average Bonchev–Trinajstić information content (AvgIpc) is 3.20. The van der Waals surface area contributed by atoms with Crippen LogP contribution in [0.15, 0.2) is 51.8 Å². The summed E-state index contributed by atoms with van der Waals surface area (Å²) in [7, 11) is 1.56. The first kappa shape index (κ1) is 22.5. The van der Waals surface area contributed by atoms with Gasteiger partial charge in [0.1, 0.15) is 11.3 Å². The van der Waals surface area contributed by atoms with Crippen LogP contribution in [-0.2, 0) is 11.2 Å². The molecule has 8 heteroatoms. The largest absolute Gasteiger partial charge is 0.496 e. The van der Waals surface area contributed by atoms with Crippen molar-refractivity contribution in [2.75, 3.05) is 7.11 Å². The van der Waals surface area contributed by atoms with Gasteiger partial charge < -0.3 is 14.5 Å². The second kappa shape index (κ2) is 9.44. The lowest BCUT2D eigenvalue weighted by atomic mass is 10.0. The van der Waals surface area contributed by atoms with Gasteiger partial charge in [-0.3, -0.25) is 9.20 Å². The second-order valence-corrected chi connectivity index (χ2v) is 8.65. The van der Waals surface area contributed by atoms with Gasteiger partial charge in [0, 0.05) is 30.1 Å². The van der Waals surface area contributed by atoms with Crippen molar-refractivity contribution < 1.29 is 13.9 Å². The lowest BCUT2D eigenvalue weighted by Crippen LogP contribution is -2.31. The Morgan fingerprint density at radius 1 is 1.21 bits per heavy atom. The van der Waals surface area contributed by atoms with Crippen molar-refractivity contribution in [1.29, 1.82) is 0 Å². The Kier molecular flexibility index (Phi) is 6.44. The molecule has 8 nitrogen and oxygen atoms in total. The van der Waals surface area contributed by atoms with E-state index in [1.54, 1.807) is 13.2 Å². The number of carbonyl (C=O) groups is 1. The molecule has 4 rings (SSSR count). The number of fused-ring (bicyclic) bond motifs is 2. The van der Waals surface area contributed by atoms with E-state index in [0.717, 1.165) is 34.4 Å². The summed E-state index contributed by atoms with van der Waals surface area (Å²) in [6.45, 7) is 6.09. The highest BCUT2D eigenvalue weighted by Crippen LogP contribution is 2.28. The molecule has 0 fully saturated rings. The van der Waals surface area contributed by atoms with Crippen LogP contribution in [-0.4, -0.2) is 27.6 Å². The predicted octanol–water partition coefficient (Wildman–Crippen LogP) is 3.99.